The van der Waals surface area contributed by atoms with Gasteiger partial charge in [-0.3, -0.25) is 14.4 Å². The second-order valence-electron chi connectivity index (χ2n) is 6.63. The van der Waals surface area contributed by atoms with Gasteiger partial charge in [0.15, 0.2) is 5.78 Å². The molecule has 0 aliphatic carbocycles. The van der Waals surface area contributed by atoms with Crippen molar-refractivity contribution >= 4 is 46.0 Å². The number of allylic oxidation sites excluding steroid dienone is 1. The van der Waals surface area contributed by atoms with Crippen LogP contribution in [0.15, 0.2) is 78.9 Å². The first-order valence-corrected chi connectivity index (χ1v) is 9.41. The van der Waals surface area contributed by atoms with E-state index in [9.17, 15) is 14.4 Å². The number of hydrogen-bond acceptors (Lipinski definition) is 3. The molecule has 4 rings (SSSR count). The molecule has 0 spiro atoms. The molecular formula is C24H16ClNO3. The number of benzene rings is 3. The number of imide groups is 1. The first kappa shape index (κ1) is 18.8. The van der Waals surface area contributed by atoms with Crippen LogP contribution in [0.4, 0.5) is 5.69 Å². The van der Waals surface area contributed by atoms with Crippen LogP contribution in [0.3, 0.4) is 0 Å². The number of nitrogens with zero attached hydrogens (tertiary/aromatic N) is 1. The second-order valence-corrected chi connectivity index (χ2v) is 7.07. The van der Waals surface area contributed by atoms with Gasteiger partial charge in [-0.05, 0) is 35.9 Å². The third-order valence-corrected chi connectivity index (χ3v) is 5.04. The summed E-state index contributed by atoms with van der Waals surface area (Å²) in [5.74, 6) is -1.21. The minimum Gasteiger partial charge on any atom is -0.289 e. The number of hydrogen-bond donors (Lipinski definition) is 0. The Morgan fingerprint density at radius 3 is 2.07 bits per heavy atom. The van der Waals surface area contributed by atoms with Crippen molar-refractivity contribution in [1.29, 1.82) is 0 Å². The van der Waals surface area contributed by atoms with E-state index in [1.54, 1.807) is 72.8 Å². The van der Waals surface area contributed by atoms with E-state index in [0.717, 1.165) is 4.90 Å². The van der Waals surface area contributed by atoms with Crippen LogP contribution < -0.4 is 4.90 Å². The first-order valence-electron chi connectivity index (χ1n) is 9.03. The number of carbonyl (C=O) groups is 3. The summed E-state index contributed by atoms with van der Waals surface area (Å²) in [6.07, 6.45) is 0. The Labute approximate surface area is 173 Å². The van der Waals surface area contributed by atoms with Crippen molar-refractivity contribution < 1.29 is 14.4 Å². The number of para-hydroxylation sites is 1. The zero-order valence-electron chi connectivity index (χ0n) is 15.6. The molecule has 0 saturated carbocycles. The van der Waals surface area contributed by atoms with Gasteiger partial charge < -0.3 is 0 Å². The fourth-order valence-electron chi connectivity index (χ4n) is 3.51. The number of Topliss-reactive ketones (excluding diaryl/α,β-unsaturated/α-hetero) is 1. The summed E-state index contributed by atoms with van der Waals surface area (Å²) in [6.45, 7) is 1.33. The van der Waals surface area contributed by atoms with Gasteiger partial charge in [-0.25, -0.2) is 4.90 Å². The minimum atomic E-state index is -0.500. The molecule has 0 aromatic heterocycles. The lowest BCUT2D eigenvalue weighted by Gasteiger charge is -2.13. The number of anilines is 1. The van der Waals surface area contributed by atoms with E-state index in [-0.39, 0.29) is 16.9 Å². The van der Waals surface area contributed by atoms with Crippen molar-refractivity contribution in [2.45, 2.75) is 6.92 Å². The Kier molecular flexibility index (Phi) is 4.87. The van der Waals surface area contributed by atoms with E-state index in [0.29, 0.717) is 27.4 Å². The van der Waals surface area contributed by atoms with Crippen molar-refractivity contribution in [1.82, 2.24) is 0 Å². The van der Waals surface area contributed by atoms with Gasteiger partial charge in [-0.15, -0.1) is 0 Å². The summed E-state index contributed by atoms with van der Waals surface area (Å²) in [4.78, 5) is 40.1. The zero-order valence-corrected chi connectivity index (χ0v) is 16.3. The third kappa shape index (κ3) is 3.28. The predicted octanol–water partition coefficient (Wildman–Crippen LogP) is 5.03. The van der Waals surface area contributed by atoms with Crippen molar-refractivity contribution in [3.05, 3.63) is 101 Å². The van der Waals surface area contributed by atoms with E-state index < -0.39 is 11.8 Å². The van der Waals surface area contributed by atoms with Crippen LogP contribution >= 0.6 is 11.6 Å². The number of carbonyl (C=O) groups excluding carboxylic acids is 3. The van der Waals surface area contributed by atoms with Gasteiger partial charge >= 0.3 is 0 Å². The molecule has 5 heteroatoms. The van der Waals surface area contributed by atoms with Gasteiger partial charge in [0.1, 0.15) is 0 Å². The minimum absolute atomic E-state index is 0.224. The van der Waals surface area contributed by atoms with E-state index in [1.165, 1.54) is 6.92 Å². The maximum atomic E-state index is 13.5. The Hall–Kier alpha value is -3.50. The predicted molar refractivity (Wildman–Crippen MR) is 114 cm³/mol. The number of ketones is 1. The summed E-state index contributed by atoms with van der Waals surface area (Å²) >= 11 is 5.96. The normalized spacial score (nSPS) is 14.6. The molecule has 0 saturated heterocycles. The largest absolute Gasteiger partial charge is 0.289 e. The third-order valence-electron chi connectivity index (χ3n) is 4.79. The monoisotopic (exact) mass is 401 g/mol. The molecule has 142 valence electrons. The number of amides is 2. The number of rotatable bonds is 3. The smallest absolute Gasteiger partial charge is 0.266 e. The maximum absolute atomic E-state index is 13.5. The lowest BCUT2D eigenvalue weighted by Crippen LogP contribution is -2.31. The van der Waals surface area contributed by atoms with Crippen molar-refractivity contribution in [2.75, 3.05) is 4.90 Å². The number of halogens is 1. The Morgan fingerprint density at radius 1 is 0.793 bits per heavy atom. The highest BCUT2D eigenvalue weighted by Gasteiger charge is 2.38. The summed E-state index contributed by atoms with van der Waals surface area (Å²) < 4.78 is 0. The van der Waals surface area contributed by atoms with Crippen LogP contribution in [-0.4, -0.2) is 17.6 Å². The highest BCUT2D eigenvalue weighted by Crippen LogP contribution is 2.41. The SMILES string of the molecule is CC(=O)N1C(=O)/C(=C(\C(=O)c2ccc(Cl)cc2)c2ccccc2)c2ccccc21. The van der Waals surface area contributed by atoms with Crippen LogP contribution in [0.25, 0.3) is 11.1 Å². The molecule has 0 atom stereocenters. The van der Waals surface area contributed by atoms with Gasteiger partial charge in [0.2, 0.25) is 5.91 Å². The Bertz CT molecular complexity index is 1160. The fourth-order valence-corrected chi connectivity index (χ4v) is 3.64. The molecule has 1 aliphatic rings. The standard InChI is InChI=1S/C24H16ClNO3/c1-15(27)26-20-10-6-5-9-19(20)22(24(26)29)21(16-7-3-2-4-8-16)23(28)17-11-13-18(25)14-12-17/h2-14H,1H3/b22-21-. The molecule has 1 aliphatic heterocycles. The first-order chi connectivity index (χ1) is 14.0. The Balaban J connectivity index is 2.02. The molecule has 0 bridgehead atoms. The highest BCUT2D eigenvalue weighted by molar-refractivity contribution is 6.51. The fraction of sp³-hybridized carbons (Fsp3) is 0.0417. The van der Waals surface area contributed by atoms with Crippen molar-refractivity contribution in [3.63, 3.8) is 0 Å². The van der Waals surface area contributed by atoms with E-state index in [2.05, 4.69) is 0 Å². The average Bonchev–Trinajstić information content (AvgIpc) is 3.02. The van der Waals surface area contributed by atoms with Crippen molar-refractivity contribution in [2.24, 2.45) is 0 Å². The molecule has 2 amide bonds. The lowest BCUT2D eigenvalue weighted by atomic mass is 9.89. The summed E-state index contributed by atoms with van der Waals surface area (Å²) in [7, 11) is 0. The summed E-state index contributed by atoms with van der Waals surface area (Å²) in [6, 6.07) is 22.5. The van der Waals surface area contributed by atoms with Crippen LogP contribution in [0.1, 0.15) is 28.4 Å². The molecule has 0 radical (unpaired) electrons. The van der Waals surface area contributed by atoms with E-state index >= 15 is 0 Å². The molecule has 0 fully saturated rings. The van der Waals surface area contributed by atoms with Crippen molar-refractivity contribution in [3.8, 4) is 0 Å². The van der Waals surface area contributed by atoms with Crippen LogP contribution in [0.5, 0.6) is 0 Å². The molecule has 4 nitrogen and oxygen atoms in total. The quantitative estimate of drug-likeness (QED) is 0.457. The summed E-state index contributed by atoms with van der Waals surface area (Å²) in [5.41, 5.74) is 2.55. The van der Waals surface area contributed by atoms with E-state index in [1.807, 2.05) is 6.07 Å². The summed E-state index contributed by atoms with van der Waals surface area (Å²) in [5, 5.41) is 0.514. The molecule has 29 heavy (non-hydrogen) atoms. The zero-order chi connectivity index (χ0) is 20.5. The molecular weight excluding hydrogens is 386 g/mol. The molecule has 0 N–H and O–H groups in total. The Morgan fingerprint density at radius 2 is 1.41 bits per heavy atom. The van der Waals surface area contributed by atoms with Crippen LogP contribution in [0.2, 0.25) is 5.02 Å². The van der Waals surface area contributed by atoms with Gasteiger partial charge in [0, 0.05) is 28.6 Å². The van der Waals surface area contributed by atoms with Gasteiger partial charge in [0.05, 0.1) is 11.3 Å². The molecule has 3 aromatic carbocycles. The molecule has 0 unspecified atom stereocenters. The van der Waals surface area contributed by atoms with Gasteiger partial charge in [-0.1, -0.05) is 60.1 Å². The highest BCUT2D eigenvalue weighted by atomic mass is 35.5. The maximum Gasteiger partial charge on any atom is 0.266 e. The van der Waals surface area contributed by atoms with Crippen LogP contribution in [0, 0.1) is 0 Å². The second kappa shape index (κ2) is 7.49. The van der Waals surface area contributed by atoms with Crippen LogP contribution in [-0.2, 0) is 9.59 Å². The van der Waals surface area contributed by atoms with E-state index in [4.69, 9.17) is 11.6 Å². The van der Waals surface area contributed by atoms with Gasteiger partial charge in [0.25, 0.3) is 5.91 Å². The topological polar surface area (TPSA) is 54.5 Å². The number of fused-ring (bicyclic) bond motifs is 1. The lowest BCUT2D eigenvalue weighted by molar-refractivity contribution is -0.122. The van der Waals surface area contributed by atoms with Gasteiger partial charge in [-0.2, -0.15) is 0 Å². The average molecular weight is 402 g/mol. The molecule has 1 heterocycles. The molecule has 3 aromatic rings.